The van der Waals surface area contributed by atoms with Crippen molar-refractivity contribution in [1.29, 1.82) is 0 Å². The van der Waals surface area contributed by atoms with E-state index in [4.69, 9.17) is 4.42 Å². The Morgan fingerprint density at radius 1 is 1.19 bits per heavy atom. The van der Waals surface area contributed by atoms with E-state index in [-0.39, 0.29) is 12.5 Å². The van der Waals surface area contributed by atoms with E-state index in [1.807, 2.05) is 55.1 Å². The van der Waals surface area contributed by atoms with E-state index in [0.29, 0.717) is 12.4 Å². The topological polar surface area (TPSA) is 82.8 Å². The van der Waals surface area contributed by atoms with E-state index in [2.05, 4.69) is 15.5 Å². The minimum atomic E-state index is -0.172. The predicted octanol–water partition coefficient (Wildman–Crippen LogP) is 2.67. The van der Waals surface area contributed by atoms with Gasteiger partial charge in [-0.1, -0.05) is 0 Å². The number of anilines is 1. The Kier molecular flexibility index (Phi) is 4.37. The molecule has 4 heterocycles. The number of nitrogens with one attached hydrogen (secondary N) is 1. The normalized spacial score (nSPS) is 11.0. The molecule has 4 rings (SSSR count). The van der Waals surface area contributed by atoms with Gasteiger partial charge in [-0.2, -0.15) is 10.2 Å². The van der Waals surface area contributed by atoms with E-state index in [1.54, 1.807) is 27.8 Å². The van der Waals surface area contributed by atoms with Gasteiger partial charge in [0.25, 0.3) is 0 Å². The lowest BCUT2D eigenvalue weighted by molar-refractivity contribution is -0.116. The van der Waals surface area contributed by atoms with Gasteiger partial charge in [0.15, 0.2) is 0 Å². The van der Waals surface area contributed by atoms with Crippen molar-refractivity contribution in [1.82, 2.24) is 24.1 Å². The highest BCUT2D eigenvalue weighted by Crippen LogP contribution is 2.17. The fourth-order valence-corrected chi connectivity index (χ4v) is 2.93. The first-order chi connectivity index (χ1) is 13.1. The molecule has 27 heavy (non-hydrogen) atoms. The molecule has 1 N–H and O–H groups in total. The molecule has 4 aromatic rings. The second-order valence-electron chi connectivity index (χ2n) is 6.34. The summed E-state index contributed by atoms with van der Waals surface area (Å²) in [6.07, 6.45) is 5.40. The zero-order chi connectivity index (χ0) is 18.8. The van der Waals surface area contributed by atoms with Gasteiger partial charge >= 0.3 is 0 Å². The number of carbonyl (C=O) groups excluding carboxylic acids is 1. The molecule has 0 aliphatic rings. The summed E-state index contributed by atoms with van der Waals surface area (Å²) in [6.45, 7) is 2.47. The van der Waals surface area contributed by atoms with Crippen LogP contribution < -0.4 is 5.32 Å². The minimum Gasteiger partial charge on any atom is -0.464 e. The number of aryl methyl sites for hydroxylation is 2. The predicted molar refractivity (Wildman–Crippen MR) is 100 cm³/mol. The van der Waals surface area contributed by atoms with Crippen LogP contribution in [-0.4, -0.2) is 30.0 Å². The van der Waals surface area contributed by atoms with Crippen LogP contribution >= 0.6 is 0 Å². The third-order valence-electron chi connectivity index (χ3n) is 4.24. The second-order valence-corrected chi connectivity index (χ2v) is 6.34. The highest BCUT2D eigenvalue weighted by Gasteiger charge is 2.11. The largest absolute Gasteiger partial charge is 0.464 e. The van der Waals surface area contributed by atoms with Crippen LogP contribution in [0.25, 0.3) is 11.4 Å². The smallest absolute Gasteiger partial charge is 0.247 e. The molecular weight excluding hydrogens is 344 g/mol. The Morgan fingerprint density at radius 2 is 2.07 bits per heavy atom. The molecule has 0 bridgehead atoms. The molecule has 0 radical (unpaired) electrons. The molecule has 8 heteroatoms. The number of furan rings is 1. The Hall–Kier alpha value is -3.55. The zero-order valence-corrected chi connectivity index (χ0v) is 15.2. The molecule has 0 saturated carbocycles. The second kappa shape index (κ2) is 6.99. The van der Waals surface area contributed by atoms with Crippen LogP contribution in [0.15, 0.2) is 59.4 Å². The van der Waals surface area contributed by atoms with Crippen molar-refractivity contribution < 1.29 is 9.21 Å². The van der Waals surface area contributed by atoms with Crippen molar-refractivity contribution in [3.8, 4) is 11.4 Å². The molecule has 0 saturated heterocycles. The average molecular weight is 364 g/mol. The Morgan fingerprint density at radius 3 is 2.81 bits per heavy atom. The number of aromatic nitrogens is 5. The van der Waals surface area contributed by atoms with Crippen LogP contribution in [0, 0.1) is 6.92 Å². The molecule has 0 aliphatic carbocycles. The first-order valence-electron chi connectivity index (χ1n) is 8.60. The molecule has 8 nitrogen and oxygen atoms in total. The summed E-state index contributed by atoms with van der Waals surface area (Å²) in [5.41, 5.74) is 1.83. The van der Waals surface area contributed by atoms with Crippen LogP contribution in [0.1, 0.15) is 11.5 Å². The SMILES string of the molecule is Cc1ccc(Cn2nccc2NC(=O)Cn2ccc(-c3cccn3C)n2)o1. The summed E-state index contributed by atoms with van der Waals surface area (Å²) in [4.78, 5) is 12.4. The van der Waals surface area contributed by atoms with Gasteiger partial charge < -0.3 is 14.3 Å². The number of nitrogens with zero attached hydrogens (tertiary/aromatic N) is 5. The van der Waals surface area contributed by atoms with Gasteiger partial charge in [-0.25, -0.2) is 4.68 Å². The summed E-state index contributed by atoms with van der Waals surface area (Å²) in [5, 5.41) is 11.6. The summed E-state index contributed by atoms with van der Waals surface area (Å²) in [6, 6.07) is 11.4. The van der Waals surface area contributed by atoms with E-state index in [9.17, 15) is 4.79 Å². The minimum absolute atomic E-state index is 0.120. The van der Waals surface area contributed by atoms with Crippen molar-refractivity contribution >= 4 is 11.7 Å². The van der Waals surface area contributed by atoms with E-state index >= 15 is 0 Å². The van der Waals surface area contributed by atoms with Gasteiger partial charge in [0.05, 0.1) is 11.9 Å². The van der Waals surface area contributed by atoms with Crippen molar-refractivity contribution in [2.75, 3.05) is 5.32 Å². The molecule has 0 fully saturated rings. The van der Waals surface area contributed by atoms with Crippen LogP contribution in [0.4, 0.5) is 5.82 Å². The molecule has 0 unspecified atom stereocenters. The lowest BCUT2D eigenvalue weighted by Gasteiger charge is -2.08. The highest BCUT2D eigenvalue weighted by molar-refractivity contribution is 5.89. The lowest BCUT2D eigenvalue weighted by atomic mass is 10.3. The highest BCUT2D eigenvalue weighted by atomic mass is 16.3. The van der Waals surface area contributed by atoms with Crippen LogP contribution in [-0.2, 0) is 24.9 Å². The summed E-state index contributed by atoms with van der Waals surface area (Å²) >= 11 is 0. The fraction of sp³-hybridized carbons (Fsp3) is 0.211. The van der Waals surface area contributed by atoms with Crippen LogP contribution in [0.2, 0.25) is 0 Å². The Bertz CT molecular complexity index is 1070. The zero-order valence-electron chi connectivity index (χ0n) is 15.2. The quantitative estimate of drug-likeness (QED) is 0.570. The maximum Gasteiger partial charge on any atom is 0.247 e. The maximum atomic E-state index is 12.4. The molecule has 0 aromatic carbocycles. The molecule has 1 amide bonds. The average Bonchev–Trinajstić information content (AvgIpc) is 3.39. The summed E-state index contributed by atoms with van der Waals surface area (Å²) in [5.74, 6) is 2.07. The number of rotatable bonds is 6. The fourth-order valence-electron chi connectivity index (χ4n) is 2.93. The first kappa shape index (κ1) is 16.9. The van der Waals surface area contributed by atoms with E-state index in [1.165, 1.54) is 0 Å². The van der Waals surface area contributed by atoms with E-state index in [0.717, 1.165) is 22.9 Å². The number of amides is 1. The molecule has 0 aliphatic heterocycles. The van der Waals surface area contributed by atoms with Gasteiger partial charge in [0, 0.05) is 25.5 Å². The summed E-state index contributed by atoms with van der Waals surface area (Å²) < 4.78 is 10.9. The standard InChI is InChI=1S/C19H20N6O2/c1-14-5-6-15(27-14)12-25-18(7-9-20-25)21-19(26)13-24-11-8-16(22-24)17-4-3-10-23(17)2/h3-11H,12-13H2,1-2H3,(H,21,26). The van der Waals surface area contributed by atoms with E-state index < -0.39 is 0 Å². The maximum absolute atomic E-state index is 12.4. The van der Waals surface area contributed by atoms with Crippen LogP contribution in [0.3, 0.4) is 0 Å². The van der Waals surface area contributed by atoms with Crippen molar-refractivity contribution in [2.24, 2.45) is 7.05 Å². The number of carbonyl (C=O) groups is 1. The molecular formula is C19H20N6O2. The van der Waals surface area contributed by atoms with Gasteiger partial charge in [-0.3, -0.25) is 9.48 Å². The Labute approximate surface area is 156 Å². The van der Waals surface area contributed by atoms with Crippen molar-refractivity contribution in [3.05, 3.63) is 66.5 Å². The van der Waals surface area contributed by atoms with Crippen molar-refractivity contribution in [3.63, 3.8) is 0 Å². The Balaban J connectivity index is 1.41. The van der Waals surface area contributed by atoms with Gasteiger partial charge in [-0.05, 0) is 37.3 Å². The third kappa shape index (κ3) is 3.69. The van der Waals surface area contributed by atoms with Gasteiger partial charge in [0.1, 0.15) is 36.1 Å². The van der Waals surface area contributed by atoms with Gasteiger partial charge in [0.2, 0.25) is 5.91 Å². The number of hydrogen-bond acceptors (Lipinski definition) is 4. The molecule has 0 atom stereocenters. The first-order valence-corrected chi connectivity index (χ1v) is 8.60. The third-order valence-corrected chi connectivity index (χ3v) is 4.24. The van der Waals surface area contributed by atoms with Gasteiger partial charge in [-0.15, -0.1) is 0 Å². The lowest BCUT2D eigenvalue weighted by Crippen LogP contribution is -2.21. The molecule has 0 spiro atoms. The summed E-state index contributed by atoms with van der Waals surface area (Å²) in [7, 11) is 1.96. The number of hydrogen-bond donors (Lipinski definition) is 1. The molecule has 138 valence electrons. The monoisotopic (exact) mass is 364 g/mol. The van der Waals surface area contributed by atoms with Crippen LogP contribution in [0.5, 0.6) is 0 Å². The van der Waals surface area contributed by atoms with Crippen molar-refractivity contribution in [2.45, 2.75) is 20.0 Å². The molecule has 4 aromatic heterocycles.